The van der Waals surface area contributed by atoms with E-state index in [-0.39, 0.29) is 0 Å². The zero-order chi connectivity index (χ0) is 46.6. The number of rotatable bonds is 6. The Kier molecular flexibility index (Phi) is 9.12. The molecule has 14 aromatic rings. The normalized spacial score (nSPS) is 14.5. The van der Waals surface area contributed by atoms with Gasteiger partial charge in [0.05, 0.1) is 27.8 Å². The van der Waals surface area contributed by atoms with Gasteiger partial charge in [0, 0.05) is 62.8 Å². The van der Waals surface area contributed by atoms with Crippen LogP contribution >= 0.6 is 23.1 Å². The molecule has 0 radical (unpaired) electrons. The standard InChI is InChI=1S/C66H42N2S2Si/c1-7-23-56(68-59-26-10-4-19-52(59)53-20-5-11-27-60(53)68)48(16-1)43-32-34-44(35-33-43)49-22-15-31-65-66(49)70-63-29-13-14-30-64(63)71(65,47-40-41-62-55(42-47)54-21-6-12-28-61(54)69-62)46-38-36-45(37-39-46)67-57-24-8-2-17-50(57)51-18-3-9-25-58(51)67/h1-42H. The summed E-state index contributed by atoms with van der Waals surface area (Å²) in [7, 11) is -3.01. The molecule has 0 bridgehead atoms. The van der Waals surface area contributed by atoms with Gasteiger partial charge in [0.15, 0.2) is 8.07 Å². The van der Waals surface area contributed by atoms with Crippen molar-refractivity contribution in [2.24, 2.45) is 0 Å². The van der Waals surface area contributed by atoms with Crippen molar-refractivity contribution in [3.05, 3.63) is 255 Å². The molecule has 0 saturated heterocycles. The van der Waals surface area contributed by atoms with Crippen molar-refractivity contribution in [3.63, 3.8) is 0 Å². The van der Waals surface area contributed by atoms with Gasteiger partial charge in [-0.15, -0.1) is 11.3 Å². The van der Waals surface area contributed by atoms with Crippen LogP contribution in [0.2, 0.25) is 0 Å². The quantitative estimate of drug-likeness (QED) is 0.151. The molecule has 2 nitrogen and oxygen atoms in total. The number of hydrogen-bond acceptors (Lipinski definition) is 2. The summed E-state index contributed by atoms with van der Waals surface area (Å²) in [5.74, 6) is 0. The summed E-state index contributed by atoms with van der Waals surface area (Å²) >= 11 is 3.83. The largest absolute Gasteiger partial charge is 0.309 e. The van der Waals surface area contributed by atoms with E-state index in [1.165, 1.54) is 128 Å². The van der Waals surface area contributed by atoms with E-state index in [0.717, 1.165) is 0 Å². The smallest absolute Gasteiger partial charge is 0.181 e. The third kappa shape index (κ3) is 6.01. The molecule has 1 unspecified atom stereocenters. The summed E-state index contributed by atoms with van der Waals surface area (Å²) in [5.41, 5.74) is 12.1. The molecule has 5 heteroatoms. The van der Waals surface area contributed by atoms with Gasteiger partial charge in [-0.2, -0.15) is 0 Å². The Labute approximate surface area is 420 Å². The minimum Gasteiger partial charge on any atom is -0.309 e. The highest BCUT2D eigenvalue weighted by atomic mass is 32.2. The monoisotopic (exact) mass is 954 g/mol. The molecule has 3 aromatic heterocycles. The number of nitrogens with zero attached hydrogens (tertiary/aromatic N) is 2. The molecule has 332 valence electrons. The van der Waals surface area contributed by atoms with Crippen LogP contribution in [0.25, 0.3) is 97.4 Å². The van der Waals surface area contributed by atoms with E-state index < -0.39 is 8.07 Å². The lowest BCUT2D eigenvalue weighted by Gasteiger charge is -2.40. The van der Waals surface area contributed by atoms with Gasteiger partial charge in [-0.25, -0.2) is 0 Å². The Morgan fingerprint density at radius 3 is 1.49 bits per heavy atom. The van der Waals surface area contributed by atoms with Gasteiger partial charge in [-0.05, 0) is 98.1 Å². The number of fused-ring (bicyclic) bond motifs is 11. The predicted octanol–water partition coefficient (Wildman–Crippen LogP) is 15.4. The Bertz CT molecular complexity index is 4340. The molecule has 0 spiro atoms. The first-order valence-electron chi connectivity index (χ1n) is 24.3. The van der Waals surface area contributed by atoms with E-state index >= 15 is 0 Å². The zero-order valence-electron chi connectivity index (χ0n) is 38.5. The van der Waals surface area contributed by atoms with Gasteiger partial charge in [0.25, 0.3) is 0 Å². The van der Waals surface area contributed by atoms with Crippen molar-refractivity contribution in [2.75, 3.05) is 0 Å². The van der Waals surface area contributed by atoms with Crippen molar-refractivity contribution in [1.29, 1.82) is 0 Å². The van der Waals surface area contributed by atoms with Gasteiger partial charge < -0.3 is 9.13 Å². The van der Waals surface area contributed by atoms with Crippen LogP contribution < -0.4 is 20.7 Å². The number of benzene rings is 11. The maximum atomic E-state index is 2.56. The third-order valence-corrected chi connectivity index (χ3v) is 22.7. The van der Waals surface area contributed by atoms with Gasteiger partial charge in [-0.3, -0.25) is 0 Å². The molecule has 0 N–H and O–H groups in total. The fourth-order valence-corrected chi connectivity index (χ4v) is 20.2. The molecule has 0 fully saturated rings. The molecule has 1 aliphatic rings. The number of thiophene rings is 1. The first kappa shape index (κ1) is 40.7. The molecule has 0 amide bonds. The third-order valence-electron chi connectivity index (χ3n) is 15.1. The lowest BCUT2D eigenvalue weighted by Crippen LogP contribution is -2.76. The molecule has 4 heterocycles. The molecule has 11 aromatic carbocycles. The minimum atomic E-state index is -3.01. The first-order chi connectivity index (χ1) is 35.2. The maximum absolute atomic E-state index is 3.01. The predicted molar refractivity (Wildman–Crippen MR) is 307 cm³/mol. The lowest BCUT2D eigenvalue weighted by molar-refractivity contribution is 1.18. The summed E-state index contributed by atoms with van der Waals surface area (Å²) in [6.07, 6.45) is 0. The fraction of sp³-hybridized carbons (Fsp3) is 0. The van der Waals surface area contributed by atoms with E-state index in [0.29, 0.717) is 0 Å². The molecule has 0 saturated carbocycles. The maximum Gasteiger partial charge on any atom is 0.181 e. The van der Waals surface area contributed by atoms with E-state index in [1.54, 1.807) is 0 Å². The molecule has 15 rings (SSSR count). The Balaban J connectivity index is 0.927. The summed E-state index contributed by atoms with van der Waals surface area (Å²) in [6, 6.07) is 95.8. The van der Waals surface area contributed by atoms with E-state index in [9.17, 15) is 0 Å². The SMILES string of the molecule is c1ccc2c(c1)Sc1c(-c3ccc(-c4ccccc4-n4c5ccccc5c5ccccc54)cc3)cccc1[Si]2(c1ccc(-n2c3ccccc3c3ccccc32)cc1)c1ccc2sc3ccccc3c2c1. The Morgan fingerprint density at radius 1 is 0.324 bits per heavy atom. The van der Waals surface area contributed by atoms with Crippen molar-refractivity contribution >= 4 is 116 Å². The molecular weight excluding hydrogens is 913 g/mol. The second kappa shape index (κ2) is 15.9. The second-order valence-corrected chi connectivity index (χ2v) is 24.6. The molecule has 1 atom stereocenters. The van der Waals surface area contributed by atoms with Crippen molar-refractivity contribution in [2.45, 2.75) is 9.79 Å². The van der Waals surface area contributed by atoms with Crippen LogP contribution in [0, 0.1) is 0 Å². The average Bonchev–Trinajstić information content (AvgIpc) is 4.10. The highest BCUT2D eigenvalue weighted by Crippen LogP contribution is 2.42. The van der Waals surface area contributed by atoms with E-state index in [1.807, 2.05) is 23.1 Å². The zero-order valence-corrected chi connectivity index (χ0v) is 41.1. The average molecular weight is 955 g/mol. The number of hydrogen-bond donors (Lipinski definition) is 0. The van der Waals surface area contributed by atoms with Gasteiger partial charge in [-0.1, -0.05) is 206 Å². The van der Waals surface area contributed by atoms with Gasteiger partial charge in [0.2, 0.25) is 0 Å². The van der Waals surface area contributed by atoms with Crippen LogP contribution in [0.15, 0.2) is 265 Å². The Hall–Kier alpha value is -8.19. The van der Waals surface area contributed by atoms with Crippen LogP contribution in [0.1, 0.15) is 0 Å². The highest BCUT2D eigenvalue weighted by molar-refractivity contribution is 8.00. The van der Waals surface area contributed by atoms with E-state index in [2.05, 4.69) is 264 Å². The van der Waals surface area contributed by atoms with Gasteiger partial charge >= 0.3 is 0 Å². The van der Waals surface area contributed by atoms with Crippen LogP contribution in [-0.2, 0) is 0 Å². The second-order valence-electron chi connectivity index (χ2n) is 18.7. The topological polar surface area (TPSA) is 9.86 Å². The summed E-state index contributed by atoms with van der Waals surface area (Å²) < 4.78 is 7.53. The van der Waals surface area contributed by atoms with Crippen LogP contribution in [0.3, 0.4) is 0 Å². The highest BCUT2D eigenvalue weighted by Gasteiger charge is 2.47. The van der Waals surface area contributed by atoms with Gasteiger partial charge in [0.1, 0.15) is 0 Å². The minimum absolute atomic E-state index is 1.17. The molecule has 1 aliphatic heterocycles. The van der Waals surface area contributed by atoms with Crippen molar-refractivity contribution in [3.8, 4) is 33.6 Å². The molecule has 71 heavy (non-hydrogen) atoms. The summed E-state index contributed by atoms with van der Waals surface area (Å²) in [5, 5.41) is 13.4. The summed E-state index contributed by atoms with van der Waals surface area (Å²) in [6.45, 7) is 0. The lowest BCUT2D eigenvalue weighted by atomic mass is 9.99. The molecule has 0 aliphatic carbocycles. The van der Waals surface area contributed by atoms with E-state index in [4.69, 9.17) is 0 Å². The van der Waals surface area contributed by atoms with Crippen LogP contribution in [0.5, 0.6) is 0 Å². The Morgan fingerprint density at radius 2 is 0.817 bits per heavy atom. The number of para-hydroxylation sites is 5. The summed E-state index contributed by atoms with van der Waals surface area (Å²) in [4.78, 5) is 2.68. The molecular formula is C66H42N2S2Si. The van der Waals surface area contributed by atoms with Crippen LogP contribution in [0.4, 0.5) is 0 Å². The van der Waals surface area contributed by atoms with Crippen molar-refractivity contribution < 1.29 is 0 Å². The number of aromatic nitrogens is 2. The van der Waals surface area contributed by atoms with Crippen molar-refractivity contribution in [1.82, 2.24) is 9.13 Å². The first-order valence-corrected chi connectivity index (χ1v) is 28.0. The fourth-order valence-electron chi connectivity index (χ4n) is 12.0. The van der Waals surface area contributed by atoms with Crippen LogP contribution in [-0.4, -0.2) is 17.2 Å².